The van der Waals surface area contributed by atoms with Gasteiger partial charge in [-0.15, -0.1) is 0 Å². The summed E-state index contributed by atoms with van der Waals surface area (Å²) in [7, 11) is 0. The van der Waals surface area contributed by atoms with Crippen molar-refractivity contribution < 1.29 is 14.3 Å². The first-order valence-corrected chi connectivity index (χ1v) is 8.46. The molecule has 0 saturated carbocycles. The number of rotatable bonds is 5. The smallest absolute Gasteiger partial charge is 0.363 e. The fourth-order valence-electron chi connectivity index (χ4n) is 2.23. The predicted octanol–water partition coefficient (Wildman–Crippen LogP) is 4.58. The molecule has 2 aromatic rings. The number of nitrogens with zero attached hydrogens (tertiary/aromatic N) is 1. The van der Waals surface area contributed by atoms with Crippen LogP contribution < -0.4 is 4.74 Å². The van der Waals surface area contributed by atoms with E-state index in [0.717, 1.165) is 27.8 Å². The minimum absolute atomic E-state index is 0.276. The number of carbonyl (C=O) groups excluding carboxylic acids is 1. The van der Waals surface area contributed by atoms with Gasteiger partial charge in [0, 0.05) is 10.0 Å². The lowest BCUT2D eigenvalue weighted by molar-refractivity contribution is -0.129. The Balaban J connectivity index is 1.86. The van der Waals surface area contributed by atoms with Crippen molar-refractivity contribution in [2.24, 2.45) is 4.99 Å². The van der Waals surface area contributed by atoms with E-state index in [0.29, 0.717) is 12.5 Å². The van der Waals surface area contributed by atoms with Crippen molar-refractivity contribution in [2.75, 3.05) is 6.61 Å². The summed E-state index contributed by atoms with van der Waals surface area (Å²) in [5.74, 6) is 0.629. The molecule has 0 atom stereocenters. The van der Waals surface area contributed by atoms with Crippen LogP contribution >= 0.6 is 15.9 Å². The van der Waals surface area contributed by atoms with Crippen LogP contribution in [0.1, 0.15) is 24.5 Å². The Kier molecular flexibility index (Phi) is 5.11. The predicted molar refractivity (Wildman–Crippen MR) is 97.0 cm³/mol. The Morgan fingerprint density at radius 1 is 1.21 bits per heavy atom. The fourth-order valence-corrected chi connectivity index (χ4v) is 2.63. The van der Waals surface area contributed by atoms with E-state index in [1.807, 2.05) is 48.5 Å². The highest BCUT2D eigenvalue weighted by Crippen LogP contribution is 2.22. The third-order valence-corrected chi connectivity index (χ3v) is 3.82. The van der Waals surface area contributed by atoms with Crippen LogP contribution in [0.3, 0.4) is 0 Å². The van der Waals surface area contributed by atoms with Crippen LogP contribution in [0.4, 0.5) is 0 Å². The van der Waals surface area contributed by atoms with Crippen molar-refractivity contribution >= 4 is 33.9 Å². The summed E-state index contributed by atoms with van der Waals surface area (Å²) in [6.07, 6.45) is 2.64. The van der Waals surface area contributed by atoms with E-state index < -0.39 is 5.97 Å². The summed E-state index contributed by atoms with van der Waals surface area (Å²) in [4.78, 5) is 16.4. The topological polar surface area (TPSA) is 47.9 Å². The molecular formula is C19H16BrNO3. The lowest BCUT2D eigenvalue weighted by Gasteiger charge is -2.04. The number of hydrogen-bond acceptors (Lipinski definition) is 4. The highest BCUT2D eigenvalue weighted by Gasteiger charge is 2.24. The molecule has 0 saturated heterocycles. The summed E-state index contributed by atoms with van der Waals surface area (Å²) < 4.78 is 11.8. The van der Waals surface area contributed by atoms with Gasteiger partial charge in [0.15, 0.2) is 5.70 Å². The summed E-state index contributed by atoms with van der Waals surface area (Å²) in [5, 5.41) is 0. The van der Waals surface area contributed by atoms with Crippen molar-refractivity contribution in [3.63, 3.8) is 0 Å². The van der Waals surface area contributed by atoms with Gasteiger partial charge in [-0.2, -0.15) is 0 Å². The zero-order chi connectivity index (χ0) is 16.9. The lowest BCUT2D eigenvalue weighted by atomic mass is 10.2. The van der Waals surface area contributed by atoms with Gasteiger partial charge in [-0.25, -0.2) is 9.79 Å². The van der Waals surface area contributed by atoms with E-state index in [1.54, 1.807) is 6.08 Å². The van der Waals surface area contributed by atoms with Gasteiger partial charge in [-0.3, -0.25) is 0 Å². The first-order valence-electron chi connectivity index (χ1n) is 7.67. The van der Waals surface area contributed by atoms with Crippen molar-refractivity contribution in [2.45, 2.75) is 13.3 Å². The van der Waals surface area contributed by atoms with Crippen molar-refractivity contribution in [3.8, 4) is 5.75 Å². The Bertz CT molecular complexity index is 827. The van der Waals surface area contributed by atoms with E-state index in [-0.39, 0.29) is 5.70 Å². The Hall–Kier alpha value is -2.40. The molecule has 1 aliphatic rings. The highest BCUT2D eigenvalue weighted by atomic mass is 79.9. The summed E-state index contributed by atoms with van der Waals surface area (Å²) in [5.41, 5.74) is 1.87. The molecule has 0 bridgehead atoms. The van der Waals surface area contributed by atoms with Gasteiger partial charge in [-0.05, 0) is 48.4 Å². The normalized spacial score (nSPS) is 15.3. The molecule has 4 nitrogen and oxygen atoms in total. The molecule has 3 rings (SSSR count). The third kappa shape index (κ3) is 3.92. The number of benzene rings is 2. The minimum Gasteiger partial charge on any atom is -0.494 e. The number of halogens is 1. The molecule has 0 unspecified atom stereocenters. The number of hydrogen-bond donors (Lipinski definition) is 0. The van der Waals surface area contributed by atoms with Gasteiger partial charge < -0.3 is 9.47 Å². The van der Waals surface area contributed by atoms with Gasteiger partial charge in [0.2, 0.25) is 5.90 Å². The zero-order valence-electron chi connectivity index (χ0n) is 13.2. The first kappa shape index (κ1) is 16.5. The van der Waals surface area contributed by atoms with E-state index in [2.05, 4.69) is 27.8 Å². The fraction of sp³-hybridized carbons (Fsp3) is 0.158. The molecule has 0 aliphatic carbocycles. The molecule has 0 amide bonds. The Morgan fingerprint density at radius 3 is 2.83 bits per heavy atom. The van der Waals surface area contributed by atoms with Gasteiger partial charge in [-0.1, -0.05) is 41.1 Å². The van der Waals surface area contributed by atoms with Crippen LogP contribution in [0.25, 0.3) is 6.08 Å². The SMILES string of the molecule is CCCOc1cccc(/C=C2\N=C(c3cccc(Br)c3)OC2=O)c1. The van der Waals surface area contributed by atoms with Crippen LogP contribution in [-0.2, 0) is 9.53 Å². The number of carbonyl (C=O) groups is 1. The monoisotopic (exact) mass is 385 g/mol. The summed E-state index contributed by atoms with van der Waals surface area (Å²) in [6, 6.07) is 15.0. The maximum Gasteiger partial charge on any atom is 0.363 e. The minimum atomic E-state index is -0.454. The second-order valence-electron chi connectivity index (χ2n) is 5.27. The van der Waals surface area contributed by atoms with Gasteiger partial charge in [0.25, 0.3) is 0 Å². The summed E-state index contributed by atoms with van der Waals surface area (Å²) >= 11 is 3.40. The molecule has 5 heteroatoms. The third-order valence-electron chi connectivity index (χ3n) is 3.33. The van der Waals surface area contributed by atoms with Crippen molar-refractivity contribution in [1.29, 1.82) is 0 Å². The van der Waals surface area contributed by atoms with Crippen LogP contribution in [-0.4, -0.2) is 18.5 Å². The molecule has 0 aromatic heterocycles. The number of esters is 1. The molecule has 0 N–H and O–H groups in total. The van der Waals surface area contributed by atoms with Crippen LogP contribution in [0.5, 0.6) is 5.75 Å². The van der Waals surface area contributed by atoms with Gasteiger partial charge >= 0.3 is 5.97 Å². The second-order valence-corrected chi connectivity index (χ2v) is 6.18. The molecule has 0 radical (unpaired) electrons. The Labute approximate surface area is 148 Å². The number of aliphatic imine (C=N–C) groups is 1. The molecule has 0 spiro atoms. The lowest BCUT2D eigenvalue weighted by Crippen LogP contribution is -2.05. The van der Waals surface area contributed by atoms with E-state index in [9.17, 15) is 4.79 Å². The van der Waals surface area contributed by atoms with E-state index in [1.165, 1.54) is 0 Å². The summed E-state index contributed by atoms with van der Waals surface area (Å²) in [6.45, 7) is 2.71. The molecular weight excluding hydrogens is 370 g/mol. The average molecular weight is 386 g/mol. The largest absolute Gasteiger partial charge is 0.494 e. The molecule has 1 aliphatic heterocycles. The second kappa shape index (κ2) is 7.45. The quantitative estimate of drug-likeness (QED) is 0.558. The highest BCUT2D eigenvalue weighted by molar-refractivity contribution is 9.10. The van der Waals surface area contributed by atoms with Crippen molar-refractivity contribution in [1.82, 2.24) is 0 Å². The van der Waals surface area contributed by atoms with Crippen LogP contribution in [0, 0.1) is 0 Å². The average Bonchev–Trinajstić information content (AvgIpc) is 2.94. The molecule has 122 valence electrons. The maximum atomic E-state index is 12.1. The zero-order valence-corrected chi connectivity index (χ0v) is 14.7. The van der Waals surface area contributed by atoms with Crippen LogP contribution in [0.15, 0.2) is 63.7 Å². The van der Waals surface area contributed by atoms with E-state index >= 15 is 0 Å². The van der Waals surface area contributed by atoms with E-state index in [4.69, 9.17) is 9.47 Å². The number of cyclic esters (lactones) is 1. The number of ether oxygens (including phenoxy) is 2. The van der Waals surface area contributed by atoms with Crippen molar-refractivity contribution in [3.05, 3.63) is 69.8 Å². The van der Waals surface area contributed by atoms with Gasteiger partial charge in [0.1, 0.15) is 5.75 Å². The Morgan fingerprint density at radius 2 is 2.04 bits per heavy atom. The standard InChI is InChI=1S/C19H16BrNO3/c1-2-9-23-16-8-3-5-13(10-16)11-17-19(22)24-18(21-17)14-6-4-7-15(20)12-14/h3-8,10-12H,2,9H2,1H3/b17-11-. The molecule has 24 heavy (non-hydrogen) atoms. The maximum absolute atomic E-state index is 12.1. The molecule has 2 aromatic carbocycles. The molecule has 1 heterocycles. The molecule has 0 fully saturated rings. The van der Waals surface area contributed by atoms with Gasteiger partial charge in [0.05, 0.1) is 6.61 Å². The first-order chi connectivity index (χ1) is 11.7. The van der Waals surface area contributed by atoms with Crippen LogP contribution in [0.2, 0.25) is 0 Å².